The number of aromatic nitrogens is 4. The lowest BCUT2D eigenvalue weighted by Gasteiger charge is -2.21. The Kier molecular flexibility index (Phi) is 4.60. The molecule has 1 aromatic carbocycles. The largest absolute Gasteiger partial charge is 0.365 e. The molecular formula is C25H26N8. The van der Waals surface area contributed by atoms with Crippen LogP contribution in [0.5, 0.6) is 0 Å². The second-order valence-corrected chi connectivity index (χ2v) is 10.1. The summed E-state index contributed by atoms with van der Waals surface area (Å²) in [5, 5.41) is 36.9. The third-order valence-corrected chi connectivity index (χ3v) is 7.61. The zero-order valence-corrected chi connectivity index (χ0v) is 18.7. The fourth-order valence-corrected chi connectivity index (χ4v) is 5.75. The number of aryl methyl sites for hydroxylation is 1. The van der Waals surface area contributed by atoms with Gasteiger partial charge in [-0.15, -0.1) is 10.2 Å². The molecule has 8 nitrogen and oxygen atoms in total. The van der Waals surface area contributed by atoms with Crippen molar-refractivity contribution >= 4 is 16.7 Å². The SMILES string of the molecule is Cn1cc2cc(-c3cc(C#N)c(NC4C[C@@H]5CN(CC6(C#N)CC6)C[C@@H]5C4)nn3)ccc2n1. The minimum absolute atomic E-state index is 0.0587. The summed E-state index contributed by atoms with van der Waals surface area (Å²) in [6, 6.07) is 12.9. The van der Waals surface area contributed by atoms with Crippen molar-refractivity contribution in [3.63, 3.8) is 0 Å². The topological polar surface area (TPSA) is 106 Å². The van der Waals surface area contributed by atoms with Gasteiger partial charge in [0.25, 0.3) is 0 Å². The van der Waals surface area contributed by atoms with E-state index in [9.17, 15) is 10.5 Å². The summed E-state index contributed by atoms with van der Waals surface area (Å²) >= 11 is 0. The molecule has 6 rings (SSSR count). The summed E-state index contributed by atoms with van der Waals surface area (Å²) in [7, 11) is 1.90. The Morgan fingerprint density at radius 3 is 2.61 bits per heavy atom. The summed E-state index contributed by atoms with van der Waals surface area (Å²) in [5.41, 5.74) is 3.00. The summed E-state index contributed by atoms with van der Waals surface area (Å²) in [4.78, 5) is 2.50. The number of hydrogen-bond donors (Lipinski definition) is 1. The normalized spacial score (nSPS) is 25.5. The van der Waals surface area contributed by atoms with Gasteiger partial charge in [-0.1, -0.05) is 6.07 Å². The van der Waals surface area contributed by atoms with Gasteiger partial charge in [0.1, 0.15) is 6.07 Å². The van der Waals surface area contributed by atoms with Gasteiger partial charge >= 0.3 is 0 Å². The van der Waals surface area contributed by atoms with E-state index in [1.165, 1.54) is 0 Å². The van der Waals surface area contributed by atoms with E-state index in [1.54, 1.807) is 4.68 Å². The average molecular weight is 439 g/mol. The molecule has 1 unspecified atom stereocenters. The first-order chi connectivity index (χ1) is 16.0. The molecule has 3 aromatic rings. The molecule has 2 aromatic heterocycles. The summed E-state index contributed by atoms with van der Waals surface area (Å²) in [6.45, 7) is 3.10. The summed E-state index contributed by atoms with van der Waals surface area (Å²) in [6.07, 6.45) is 6.23. The van der Waals surface area contributed by atoms with Crippen LogP contribution in [0.25, 0.3) is 22.2 Å². The molecular weight excluding hydrogens is 412 g/mol. The molecule has 1 aliphatic heterocycles. The van der Waals surface area contributed by atoms with Gasteiger partial charge in [0.2, 0.25) is 0 Å². The monoisotopic (exact) mass is 438 g/mol. The molecule has 3 heterocycles. The highest BCUT2D eigenvalue weighted by atomic mass is 15.2. The first kappa shape index (κ1) is 20.1. The smallest absolute Gasteiger partial charge is 0.166 e. The Morgan fingerprint density at radius 2 is 1.91 bits per heavy atom. The van der Waals surface area contributed by atoms with E-state index in [4.69, 9.17) is 0 Å². The molecule has 8 heteroatoms. The maximum atomic E-state index is 9.77. The zero-order valence-electron chi connectivity index (χ0n) is 18.7. The Morgan fingerprint density at radius 1 is 1.12 bits per heavy atom. The van der Waals surface area contributed by atoms with Crippen LogP contribution in [0.15, 0.2) is 30.5 Å². The molecule has 166 valence electrons. The van der Waals surface area contributed by atoms with Crippen molar-refractivity contribution < 1.29 is 0 Å². The van der Waals surface area contributed by atoms with Crippen molar-refractivity contribution in [2.75, 3.05) is 25.0 Å². The van der Waals surface area contributed by atoms with Crippen LogP contribution in [-0.4, -0.2) is 50.6 Å². The van der Waals surface area contributed by atoms with Gasteiger partial charge in [0, 0.05) is 49.9 Å². The number of nitriles is 2. The second kappa shape index (κ2) is 7.54. The number of hydrogen-bond acceptors (Lipinski definition) is 7. The maximum absolute atomic E-state index is 9.77. The highest BCUT2D eigenvalue weighted by Crippen LogP contribution is 2.48. The van der Waals surface area contributed by atoms with E-state index in [0.717, 1.165) is 61.8 Å². The Balaban J connectivity index is 1.13. The van der Waals surface area contributed by atoms with Gasteiger partial charge in [0.15, 0.2) is 5.82 Å². The van der Waals surface area contributed by atoms with Crippen LogP contribution in [0.4, 0.5) is 5.82 Å². The quantitative estimate of drug-likeness (QED) is 0.651. The van der Waals surface area contributed by atoms with Gasteiger partial charge in [-0.05, 0) is 55.7 Å². The fourth-order valence-electron chi connectivity index (χ4n) is 5.75. The molecule has 33 heavy (non-hydrogen) atoms. The lowest BCUT2D eigenvalue weighted by molar-refractivity contribution is 0.273. The third-order valence-electron chi connectivity index (χ3n) is 7.61. The zero-order chi connectivity index (χ0) is 22.6. The van der Waals surface area contributed by atoms with Crippen molar-refractivity contribution in [2.24, 2.45) is 24.3 Å². The van der Waals surface area contributed by atoms with Crippen molar-refractivity contribution in [3.8, 4) is 23.4 Å². The fraction of sp³-hybridized carbons (Fsp3) is 0.480. The molecule has 0 amide bonds. The number of likely N-dealkylation sites (tertiary alicyclic amines) is 1. The number of fused-ring (bicyclic) bond motifs is 2. The lowest BCUT2D eigenvalue weighted by Crippen LogP contribution is -2.30. The van der Waals surface area contributed by atoms with Gasteiger partial charge in [-0.3, -0.25) is 4.68 Å². The van der Waals surface area contributed by atoms with Crippen LogP contribution < -0.4 is 5.32 Å². The highest BCUT2D eigenvalue weighted by molar-refractivity contribution is 5.83. The Hall–Kier alpha value is -3.49. The number of nitrogens with one attached hydrogen (secondary N) is 1. The van der Waals surface area contributed by atoms with E-state index in [0.29, 0.717) is 35.0 Å². The van der Waals surface area contributed by atoms with E-state index in [2.05, 4.69) is 37.7 Å². The molecule has 3 aliphatic rings. The minimum atomic E-state index is -0.0587. The van der Waals surface area contributed by atoms with Crippen LogP contribution in [0, 0.1) is 39.9 Å². The Labute approximate surface area is 192 Å². The first-order valence-electron chi connectivity index (χ1n) is 11.7. The molecule has 0 spiro atoms. The highest BCUT2D eigenvalue weighted by Gasteiger charge is 2.48. The predicted octanol–water partition coefficient (Wildman–Crippen LogP) is 3.33. The van der Waals surface area contributed by atoms with E-state index in [1.807, 2.05) is 37.5 Å². The van der Waals surface area contributed by atoms with Gasteiger partial charge in [0.05, 0.1) is 28.3 Å². The maximum Gasteiger partial charge on any atom is 0.166 e. The first-order valence-corrected chi connectivity index (χ1v) is 11.7. The van der Waals surface area contributed by atoms with Gasteiger partial charge in [-0.2, -0.15) is 15.6 Å². The number of benzene rings is 1. The van der Waals surface area contributed by atoms with Crippen molar-refractivity contribution in [1.29, 1.82) is 10.5 Å². The van der Waals surface area contributed by atoms with Crippen LogP contribution in [0.2, 0.25) is 0 Å². The van der Waals surface area contributed by atoms with Crippen LogP contribution in [-0.2, 0) is 7.05 Å². The summed E-state index contributed by atoms with van der Waals surface area (Å²) in [5.74, 6) is 1.88. The van der Waals surface area contributed by atoms with E-state index < -0.39 is 0 Å². The molecule has 1 N–H and O–H groups in total. The van der Waals surface area contributed by atoms with Crippen molar-refractivity contribution in [3.05, 3.63) is 36.0 Å². The number of anilines is 1. The molecule has 0 bridgehead atoms. The van der Waals surface area contributed by atoms with Crippen LogP contribution in [0.3, 0.4) is 0 Å². The minimum Gasteiger partial charge on any atom is -0.365 e. The Bertz CT molecular complexity index is 1290. The van der Waals surface area contributed by atoms with E-state index in [-0.39, 0.29) is 5.41 Å². The molecule has 3 fully saturated rings. The summed E-state index contributed by atoms with van der Waals surface area (Å²) < 4.78 is 1.79. The molecule has 3 atom stereocenters. The third kappa shape index (κ3) is 3.71. The van der Waals surface area contributed by atoms with Crippen molar-refractivity contribution in [1.82, 2.24) is 24.9 Å². The standard InChI is InChI=1S/C25H26N8/c1-32-11-20-6-16(2-3-22(20)31-32)23-9-17(10-26)24(30-29-23)28-21-7-18-12-33(13-19(18)8-21)15-25(14-27)4-5-25/h2-3,6,9,11,18-19,21H,4-5,7-8,12-13,15H2,1H3,(H,28,30)/t18-,19+,21?. The lowest BCUT2D eigenvalue weighted by atomic mass is 10.0. The molecule has 2 saturated carbocycles. The van der Waals surface area contributed by atoms with Gasteiger partial charge < -0.3 is 10.2 Å². The molecule has 1 saturated heterocycles. The van der Waals surface area contributed by atoms with Crippen molar-refractivity contribution in [2.45, 2.75) is 31.7 Å². The van der Waals surface area contributed by atoms with Crippen LogP contribution >= 0.6 is 0 Å². The second-order valence-electron chi connectivity index (χ2n) is 10.1. The predicted molar refractivity (Wildman–Crippen MR) is 124 cm³/mol. The average Bonchev–Trinajstić information content (AvgIpc) is 3.11. The van der Waals surface area contributed by atoms with E-state index >= 15 is 0 Å². The number of rotatable bonds is 5. The van der Waals surface area contributed by atoms with Crippen LogP contribution in [0.1, 0.15) is 31.2 Å². The number of nitrogens with zero attached hydrogens (tertiary/aromatic N) is 7. The van der Waals surface area contributed by atoms with Gasteiger partial charge in [-0.25, -0.2) is 0 Å². The molecule has 2 aliphatic carbocycles. The molecule has 0 radical (unpaired) electrons.